The van der Waals surface area contributed by atoms with E-state index in [-0.39, 0.29) is 0 Å². The zero-order valence-corrected chi connectivity index (χ0v) is 4.41. The molecule has 0 bridgehead atoms. The molecule has 0 saturated heterocycles. The fraction of sp³-hybridized carbons (Fsp3) is 0.333. The van der Waals surface area contributed by atoms with Gasteiger partial charge in [0.2, 0.25) is 0 Å². The van der Waals surface area contributed by atoms with Gasteiger partial charge in [-0.15, -0.1) is 13.8 Å². The second-order valence-corrected chi connectivity index (χ2v) is 1.56. The molecule has 0 aromatic heterocycles. The maximum absolute atomic E-state index is 3.66. The normalized spacial score (nSPS) is 13.7. The monoisotopic (exact) mass is 82.1 g/mol. The lowest BCUT2D eigenvalue weighted by atomic mass is 10.2. The Morgan fingerprint density at radius 2 is 1.17 bits per heavy atom. The van der Waals surface area contributed by atoms with Gasteiger partial charge >= 0.3 is 0 Å². The van der Waals surface area contributed by atoms with Crippen molar-refractivity contribution in [1.29, 1.82) is 0 Å². The highest BCUT2D eigenvalue weighted by atomic mass is 13.8. The summed E-state index contributed by atoms with van der Waals surface area (Å²) in [6.45, 7) is 11.2. The van der Waals surface area contributed by atoms with E-state index in [4.69, 9.17) is 0 Å². The maximum Gasteiger partial charge on any atom is -0.138 e. The van der Waals surface area contributed by atoms with Crippen molar-refractivity contribution in [3.8, 4) is 0 Å². The summed E-state index contributed by atoms with van der Waals surface area (Å²) >= 11 is 0. The van der Waals surface area contributed by atoms with E-state index in [1.54, 1.807) is 0 Å². The van der Waals surface area contributed by atoms with E-state index >= 15 is 0 Å². The maximum atomic E-state index is 3.66. The molecule has 0 unspecified atom stereocenters. The van der Waals surface area contributed by atoms with Crippen molar-refractivity contribution >= 4 is 0 Å². The van der Waals surface area contributed by atoms with Crippen LogP contribution in [0.15, 0.2) is 11.1 Å². The molecule has 0 nitrogen and oxygen atoms in total. The first kappa shape index (κ1) is 5.48. The highest BCUT2D eigenvalue weighted by molar-refractivity contribution is 5.13. The molecule has 0 fully saturated rings. The topological polar surface area (TPSA) is 0 Å². The zero-order chi connectivity index (χ0) is 5.15. The number of rotatable bonds is 0. The molecule has 36 valence electrons. The summed E-state index contributed by atoms with van der Waals surface area (Å²) in [6, 6.07) is 0. The van der Waals surface area contributed by atoms with E-state index in [0.717, 1.165) is 11.1 Å². The first-order chi connectivity index (χ1) is 2.64. The van der Waals surface area contributed by atoms with Gasteiger partial charge in [-0.3, -0.25) is 0 Å². The molecule has 0 heteroatoms. The number of hydrogen-bond donors (Lipinski definition) is 0. The first-order valence-electron chi connectivity index (χ1n) is 1.96. The van der Waals surface area contributed by atoms with E-state index in [2.05, 4.69) is 13.8 Å². The molecule has 0 rings (SSSR count). The van der Waals surface area contributed by atoms with E-state index in [1.807, 2.05) is 13.8 Å². The minimum Gasteiger partial charge on any atom is -0.367 e. The quantitative estimate of drug-likeness (QED) is 0.392. The molecule has 0 spiro atoms. The van der Waals surface area contributed by atoms with Crippen molar-refractivity contribution in [1.82, 2.24) is 0 Å². The molecule has 0 aromatic rings. The van der Waals surface area contributed by atoms with Crippen LogP contribution in [0.4, 0.5) is 0 Å². The second kappa shape index (κ2) is 1.81. The predicted octanol–water partition coefficient (Wildman–Crippen LogP) is 1.99. The smallest absolute Gasteiger partial charge is 0.138 e. The SMILES string of the molecule is [CH2-]C(C)=C([CH2-])C. The number of hydrogen-bond acceptors (Lipinski definition) is 0. The molecular formula is C6H10-2. The Balaban J connectivity index is 3.68. The Kier molecular flexibility index (Phi) is 1.65. The largest absolute Gasteiger partial charge is 0.367 e. The van der Waals surface area contributed by atoms with Crippen LogP contribution in [0.25, 0.3) is 0 Å². The van der Waals surface area contributed by atoms with E-state index in [0.29, 0.717) is 0 Å². The summed E-state index contributed by atoms with van der Waals surface area (Å²) in [4.78, 5) is 0. The summed E-state index contributed by atoms with van der Waals surface area (Å²) in [5.74, 6) is 0. The Morgan fingerprint density at radius 3 is 1.17 bits per heavy atom. The summed E-state index contributed by atoms with van der Waals surface area (Å²) < 4.78 is 0. The fourth-order valence-electron chi connectivity index (χ4n) is 0. The van der Waals surface area contributed by atoms with Gasteiger partial charge in [-0.05, 0) is 0 Å². The Labute approximate surface area is 39.9 Å². The van der Waals surface area contributed by atoms with Gasteiger partial charge in [0, 0.05) is 0 Å². The Bertz CT molecular complexity index is 50.1. The molecule has 0 saturated carbocycles. The molecule has 0 atom stereocenters. The molecule has 0 heterocycles. The van der Waals surface area contributed by atoms with Gasteiger partial charge in [0.05, 0.1) is 0 Å². The van der Waals surface area contributed by atoms with Gasteiger partial charge in [-0.1, -0.05) is 0 Å². The van der Waals surface area contributed by atoms with Crippen LogP contribution in [-0.4, -0.2) is 0 Å². The van der Waals surface area contributed by atoms with Crippen LogP contribution < -0.4 is 0 Å². The average Bonchev–Trinajstić information content (AvgIpc) is 1.36. The Morgan fingerprint density at radius 1 is 1.00 bits per heavy atom. The van der Waals surface area contributed by atoms with Crippen LogP contribution in [0.2, 0.25) is 0 Å². The van der Waals surface area contributed by atoms with E-state index in [9.17, 15) is 0 Å². The standard InChI is InChI=1S/C6H10/c1-5(2)6(3)4/h1,3H2,2,4H3/q-2. The lowest BCUT2D eigenvalue weighted by Crippen LogP contribution is -1.67. The summed E-state index contributed by atoms with van der Waals surface area (Å²) in [5.41, 5.74) is 2.13. The molecule has 0 aromatic carbocycles. The molecule has 0 aliphatic rings. The van der Waals surface area contributed by atoms with Gasteiger partial charge in [0.1, 0.15) is 0 Å². The minimum atomic E-state index is 1.06. The predicted molar refractivity (Wildman–Crippen MR) is 29.1 cm³/mol. The average molecular weight is 82.1 g/mol. The minimum absolute atomic E-state index is 1.06. The highest BCUT2D eigenvalue weighted by Crippen LogP contribution is 1.95. The Hall–Kier alpha value is -0.520. The van der Waals surface area contributed by atoms with Crippen molar-refractivity contribution in [3.05, 3.63) is 25.0 Å². The van der Waals surface area contributed by atoms with Gasteiger partial charge in [0.15, 0.2) is 0 Å². The summed E-state index contributed by atoms with van der Waals surface area (Å²) in [5, 5.41) is 0. The van der Waals surface area contributed by atoms with Gasteiger partial charge in [-0.25, -0.2) is 0 Å². The lowest BCUT2D eigenvalue weighted by molar-refractivity contribution is 1.38. The summed E-state index contributed by atoms with van der Waals surface area (Å²) in [7, 11) is 0. The number of allylic oxidation sites excluding steroid dienone is 2. The zero-order valence-electron chi connectivity index (χ0n) is 4.41. The van der Waals surface area contributed by atoms with E-state index in [1.165, 1.54) is 0 Å². The summed E-state index contributed by atoms with van der Waals surface area (Å²) in [6.07, 6.45) is 0. The first-order valence-corrected chi connectivity index (χ1v) is 1.96. The lowest BCUT2D eigenvalue weighted by Gasteiger charge is -2.13. The molecule has 0 aliphatic heterocycles. The van der Waals surface area contributed by atoms with Crippen LogP contribution in [-0.2, 0) is 0 Å². The van der Waals surface area contributed by atoms with Crippen LogP contribution in [0, 0.1) is 13.8 Å². The third kappa shape index (κ3) is 1.77. The van der Waals surface area contributed by atoms with Crippen molar-refractivity contribution in [2.24, 2.45) is 0 Å². The van der Waals surface area contributed by atoms with Crippen molar-refractivity contribution in [2.45, 2.75) is 13.8 Å². The fourth-order valence-corrected chi connectivity index (χ4v) is 0. The van der Waals surface area contributed by atoms with Crippen molar-refractivity contribution < 1.29 is 0 Å². The van der Waals surface area contributed by atoms with Crippen molar-refractivity contribution in [2.75, 3.05) is 0 Å². The molecular weight excluding hydrogens is 72.1 g/mol. The van der Waals surface area contributed by atoms with Crippen molar-refractivity contribution in [3.63, 3.8) is 0 Å². The molecule has 6 heavy (non-hydrogen) atoms. The molecule has 0 amide bonds. The van der Waals surface area contributed by atoms with Gasteiger partial charge in [-0.2, -0.15) is 0 Å². The van der Waals surface area contributed by atoms with Crippen LogP contribution in [0.1, 0.15) is 13.8 Å². The van der Waals surface area contributed by atoms with Crippen LogP contribution in [0.3, 0.4) is 0 Å². The second-order valence-electron chi connectivity index (χ2n) is 1.56. The highest BCUT2D eigenvalue weighted by Gasteiger charge is 1.50. The van der Waals surface area contributed by atoms with Gasteiger partial charge in [0.25, 0.3) is 0 Å². The van der Waals surface area contributed by atoms with Crippen LogP contribution >= 0.6 is 0 Å². The third-order valence-electron chi connectivity index (χ3n) is 0.729. The molecule has 0 aliphatic carbocycles. The van der Waals surface area contributed by atoms with Gasteiger partial charge < -0.3 is 25.0 Å². The van der Waals surface area contributed by atoms with Crippen LogP contribution in [0.5, 0.6) is 0 Å². The third-order valence-corrected chi connectivity index (χ3v) is 0.729. The van der Waals surface area contributed by atoms with E-state index < -0.39 is 0 Å². The molecule has 0 radical (unpaired) electrons. The molecule has 0 N–H and O–H groups in total.